The van der Waals surface area contributed by atoms with E-state index >= 15 is 0 Å². The molecule has 0 aromatic rings. The number of unbranched alkanes of at least 4 members (excludes halogenated alkanes) is 10. The van der Waals surface area contributed by atoms with E-state index in [1.165, 1.54) is 90.1 Å². The van der Waals surface area contributed by atoms with Crippen LogP contribution in [0.3, 0.4) is 0 Å². The molecule has 0 atom stereocenters. The molecule has 0 saturated carbocycles. The minimum atomic E-state index is 0. The molecule has 0 aliphatic rings. The highest BCUT2D eigenvalue weighted by Gasteiger charge is 2.19. The third-order valence-corrected chi connectivity index (χ3v) is 4.56. The summed E-state index contributed by atoms with van der Waals surface area (Å²) < 4.78 is 0.970. The van der Waals surface area contributed by atoms with Gasteiger partial charge in [0.15, 0.2) is 6.54 Å². The van der Waals surface area contributed by atoms with Crippen molar-refractivity contribution in [1.29, 1.82) is 5.26 Å². The molecule has 0 aliphatic carbocycles. The molecule has 2 nitrogen and oxygen atoms in total. The third kappa shape index (κ3) is 14.9. The fourth-order valence-electron chi connectivity index (χ4n) is 2.99. The van der Waals surface area contributed by atoms with Crippen LogP contribution < -0.4 is 17.0 Å². The van der Waals surface area contributed by atoms with E-state index < -0.39 is 0 Å². The minimum Gasteiger partial charge on any atom is -1.00 e. The Morgan fingerprint density at radius 1 is 0.682 bits per heavy atom. The van der Waals surface area contributed by atoms with E-state index in [2.05, 4.69) is 27.0 Å². The molecule has 0 N–H and O–H groups in total. The Morgan fingerprint density at radius 2 is 1.05 bits per heavy atom. The summed E-state index contributed by atoms with van der Waals surface area (Å²) in [6.45, 7) is 7.59. The van der Waals surface area contributed by atoms with Gasteiger partial charge in [0.1, 0.15) is 6.07 Å². The van der Waals surface area contributed by atoms with E-state index in [1.54, 1.807) is 0 Å². The monoisotopic (exact) mass is 374 g/mol. The van der Waals surface area contributed by atoms with Crippen molar-refractivity contribution in [2.24, 2.45) is 0 Å². The van der Waals surface area contributed by atoms with Gasteiger partial charge in [-0.25, -0.2) is 0 Å². The van der Waals surface area contributed by atoms with Crippen LogP contribution in [0.25, 0.3) is 0 Å². The largest absolute Gasteiger partial charge is 1.00 e. The number of hydrogen-bond donors (Lipinski definition) is 0. The van der Waals surface area contributed by atoms with Gasteiger partial charge in [0, 0.05) is 0 Å². The van der Waals surface area contributed by atoms with Crippen LogP contribution in [0.15, 0.2) is 0 Å². The molecular weight excluding hydrogens is 336 g/mol. The molecule has 0 heterocycles. The fourth-order valence-corrected chi connectivity index (χ4v) is 2.99. The third-order valence-electron chi connectivity index (χ3n) is 4.56. The summed E-state index contributed by atoms with van der Waals surface area (Å²) in [5.41, 5.74) is 0. The van der Waals surface area contributed by atoms with Crippen LogP contribution >= 0.6 is 0 Å². The highest BCUT2D eigenvalue weighted by molar-refractivity contribution is 4.68. The van der Waals surface area contributed by atoms with Gasteiger partial charge in [-0.05, 0) is 25.7 Å². The van der Waals surface area contributed by atoms with Gasteiger partial charge in [-0.2, -0.15) is 5.26 Å². The average molecular weight is 375 g/mol. The molecule has 0 amide bonds. The first-order valence-electron chi connectivity index (χ1n) is 9.39. The smallest absolute Gasteiger partial charge is 0.166 e. The van der Waals surface area contributed by atoms with Crippen LogP contribution in [0.5, 0.6) is 0 Å². The molecule has 22 heavy (non-hydrogen) atoms. The number of hydrogen-bond acceptors (Lipinski definition) is 1. The second-order valence-electron chi connectivity index (χ2n) is 6.92. The topological polar surface area (TPSA) is 23.8 Å². The normalized spacial score (nSPS) is 11.0. The Morgan fingerprint density at radius 3 is 1.41 bits per heavy atom. The number of rotatable bonds is 15. The van der Waals surface area contributed by atoms with Crippen LogP contribution in [0, 0.1) is 11.3 Å². The Bertz CT molecular complexity index is 245. The summed E-state index contributed by atoms with van der Waals surface area (Å²) in [6.07, 6.45) is 16.2. The zero-order valence-corrected chi connectivity index (χ0v) is 17.0. The van der Waals surface area contributed by atoms with E-state index in [4.69, 9.17) is 5.26 Å². The number of halogens is 1. The molecule has 3 heteroatoms. The first-order chi connectivity index (χ1) is 10.2. The van der Waals surface area contributed by atoms with Crippen molar-refractivity contribution < 1.29 is 21.5 Å². The minimum absolute atomic E-state index is 0. The second kappa shape index (κ2) is 17.3. The lowest BCUT2D eigenvalue weighted by Crippen LogP contribution is -3.00. The van der Waals surface area contributed by atoms with Crippen molar-refractivity contribution in [3.05, 3.63) is 0 Å². The molecule has 0 saturated heterocycles. The van der Waals surface area contributed by atoms with Gasteiger partial charge in [0.2, 0.25) is 0 Å². The summed E-state index contributed by atoms with van der Waals surface area (Å²) in [6, 6.07) is 2.40. The molecule has 0 unspecified atom stereocenters. The second-order valence-corrected chi connectivity index (χ2v) is 6.92. The lowest BCUT2D eigenvalue weighted by molar-refractivity contribution is -0.903. The van der Waals surface area contributed by atoms with Crippen LogP contribution in [0.1, 0.15) is 90.9 Å². The predicted molar refractivity (Wildman–Crippen MR) is 93.2 cm³/mol. The van der Waals surface area contributed by atoms with Gasteiger partial charge in [-0.1, -0.05) is 65.2 Å². The average Bonchev–Trinajstić information content (AvgIpc) is 2.47. The van der Waals surface area contributed by atoms with Crippen molar-refractivity contribution in [3.8, 4) is 6.07 Å². The Hall–Kier alpha value is -0.0700. The van der Waals surface area contributed by atoms with Crippen molar-refractivity contribution in [2.45, 2.75) is 90.9 Å². The summed E-state index contributed by atoms with van der Waals surface area (Å²) in [4.78, 5) is 0. The highest BCUT2D eigenvalue weighted by Crippen LogP contribution is 2.13. The SMILES string of the molecule is CCCCCCCC[N+](C)(CC#N)CCCCCCCC.[Br-]. The van der Waals surface area contributed by atoms with Crippen molar-refractivity contribution in [3.63, 3.8) is 0 Å². The molecule has 0 rings (SSSR count). The van der Waals surface area contributed by atoms with Crippen molar-refractivity contribution in [2.75, 3.05) is 26.7 Å². The maximum Gasteiger partial charge on any atom is 0.166 e. The van der Waals surface area contributed by atoms with Crippen molar-refractivity contribution >= 4 is 0 Å². The van der Waals surface area contributed by atoms with Crippen LogP contribution in [0.4, 0.5) is 0 Å². The fraction of sp³-hybridized carbons (Fsp3) is 0.947. The number of quaternary nitrogens is 1. The van der Waals surface area contributed by atoms with E-state index in [0.717, 1.165) is 4.48 Å². The quantitative estimate of drug-likeness (QED) is 0.245. The zero-order valence-electron chi connectivity index (χ0n) is 15.4. The molecule has 0 spiro atoms. The maximum atomic E-state index is 9.08. The lowest BCUT2D eigenvalue weighted by Gasteiger charge is -2.32. The van der Waals surface area contributed by atoms with Gasteiger partial charge in [-0.15, -0.1) is 0 Å². The van der Waals surface area contributed by atoms with Gasteiger partial charge in [0.25, 0.3) is 0 Å². The van der Waals surface area contributed by atoms with E-state index in [-0.39, 0.29) is 17.0 Å². The van der Waals surface area contributed by atoms with E-state index in [9.17, 15) is 0 Å². The molecule has 0 fully saturated rings. The Labute approximate surface area is 150 Å². The van der Waals surface area contributed by atoms with Gasteiger partial charge >= 0.3 is 0 Å². The van der Waals surface area contributed by atoms with E-state index in [1.807, 2.05) is 0 Å². The van der Waals surface area contributed by atoms with Gasteiger partial charge in [0.05, 0.1) is 20.1 Å². The van der Waals surface area contributed by atoms with Crippen LogP contribution in [0.2, 0.25) is 0 Å². The predicted octanol–water partition coefficient (Wildman–Crippen LogP) is 2.68. The molecule has 132 valence electrons. The summed E-state index contributed by atoms with van der Waals surface area (Å²) in [5.74, 6) is 0. The molecule has 0 aromatic carbocycles. The highest BCUT2D eigenvalue weighted by atomic mass is 79.9. The molecule has 0 bridgehead atoms. The molecule has 0 aliphatic heterocycles. The summed E-state index contributed by atoms with van der Waals surface area (Å²) >= 11 is 0. The van der Waals surface area contributed by atoms with Gasteiger partial charge in [-0.3, -0.25) is 0 Å². The maximum absolute atomic E-state index is 9.08. The van der Waals surface area contributed by atoms with Crippen LogP contribution in [-0.4, -0.2) is 31.2 Å². The molecular formula is C19H39BrN2. The summed E-state index contributed by atoms with van der Waals surface area (Å²) in [5, 5.41) is 9.08. The first-order valence-corrected chi connectivity index (χ1v) is 9.39. The first kappa shape index (κ1) is 24.2. The number of nitrogens with zero attached hydrogens (tertiary/aromatic N) is 2. The Balaban J connectivity index is 0. The van der Waals surface area contributed by atoms with Crippen molar-refractivity contribution in [1.82, 2.24) is 0 Å². The molecule has 0 radical (unpaired) electrons. The van der Waals surface area contributed by atoms with Crippen LogP contribution in [-0.2, 0) is 0 Å². The van der Waals surface area contributed by atoms with Gasteiger partial charge < -0.3 is 21.5 Å². The zero-order chi connectivity index (χ0) is 15.8. The summed E-state index contributed by atoms with van der Waals surface area (Å²) in [7, 11) is 2.28. The molecule has 0 aromatic heterocycles. The lowest BCUT2D eigenvalue weighted by atomic mass is 10.1. The number of nitriles is 1. The standard InChI is InChI=1S/C19H39N2.BrH/c1-4-6-8-10-12-14-17-21(3,19-16-20)18-15-13-11-9-7-5-2;/h4-15,17-19H2,1-3H3;1H/q+1;/p-1. The Kier molecular flexibility index (Phi) is 19.0. The van der Waals surface area contributed by atoms with E-state index in [0.29, 0.717) is 6.54 Å².